The molecule has 1 aliphatic heterocycles. The topological polar surface area (TPSA) is 70.2 Å². The monoisotopic (exact) mass is 309 g/mol. The summed E-state index contributed by atoms with van der Waals surface area (Å²) in [5.74, 6) is 0. The molecule has 6 heteroatoms. The summed E-state index contributed by atoms with van der Waals surface area (Å²) in [7, 11) is -3.34. The van der Waals surface area contributed by atoms with Gasteiger partial charge in [-0.05, 0) is 62.9 Å². The number of sulfonamides is 1. The minimum Gasteiger partial charge on any atom is -0.385 e. The zero-order chi connectivity index (χ0) is 14.7. The van der Waals surface area contributed by atoms with E-state index in [9.17, 15) is 8.42 Å². The molecule has 0 bridgehead atoms. The van der Waals surface area contributed by atoms with Gasteiger partial charge in [-0.15, -0.1) is 0 Å². The lowest BCUT2D eigenvalue weighted by atomic mass is 10.1. The molecule has 1 saturated carbocycles. The SMILES string of the molecule is O=S(=O)(NC1CC1)c1ccc(NCC[C@H]2CCCN2)cc1. The number of benzene rings is 1. The van der Waals surface area contributed by atoms with Crippen molar-refractivity contribution in [1.29, 1.82) is 0 Å². The number of nitrogens with one attached hydrogen (secondary N) is 3. The van der Waals surface area contributed by atoms with Gasteiger partial charge in [0.15, 0.2) is 0 Å². The molecule has 3 N–H and O–H groups in total. The fraction of sp³-hybridized carbons (Fsp3) is 0.600. The molecule has 1 aromatic rings. The van der Waals surface area contributed by atoms with E-state index in [1.165, 1.54) is 12.8 Å². The maximum Gasteiger partial charge on any atom is 0.240 e. The molecule has 1 aliphatic carbocycles. The molecule has 0 unspecified atom stereocenters. The number of hydrogen-bond acceptors (Lipinski definition) is 4. The first-order valence-corrected chi connectivity index (χ1v) is 9.21. The van der Waals surface area contributed by atoms with Crippen LogP contribution in [0, 0.1) is 0 Å². The van der Waals surface area contributed by atoms with E-state index < -0.39 is 10.0 Å². The first-order valence-electron chi connectivity index (χ1n) is 7.73. The summed E-state index contributed by atoms with van der Waals surface area (Å²) in [6, 6.07) is 7.78. The minimum atomic E-state index is -3.34. The van der Waals surface area contributed by atoms with Crippen LogP contribution in [0.2, 0.25) is 0 Å². The number of rotatable bonds is 7. The maximum absolute atomic E-state index is 12.0. The number of anilines is 1. The molecule has 1 aromatic carbocycles. The summed E-state index contributed by atoms with van der Waals surface area (Å²) in [5.41, 5.74) is 0.971. The van der Waals surface area contributed by atoms with Gasteiger partial charge in [0, 0.05) is 24.3 Å². The minimum absolute atomic E-state index is 0.145. The molecule has 0 spiro atoms. The predicted octanol–water partition coefficient (Wildman–Crippen LogP) is 1.68. The molecule has 1 saturated heterocycles. The normalized spacial score (nSPS) is 22.4. The molecular formula is C15H23N3O2S. The predicted molar refractivity (Wildman–Crippen MR) is 83.9 cm³/mol. The molecule has 0 amide bonds. The summed E-state index contributed by atoms with van der Waals surface area (Å²) >= 11 is 0. The second-order valence-electron chi connectivity index (χ2n) is 5.93. The maximum atomic E-state index is 12.0. The quantitative estimate of drug-likeness (QED) is 0.717. The molecule has 3 rings (SSSR count). The third kappa shape index (κ3) is 4.18. The van der Waals surface area contributed by atoms with Crippen LogP contribution in [-0.2, 0) is 10.0 Å². The van der Waals surface area contributed by atoms with Crippen molar-refractivity contribution in [2.24, 2.45) is 0 Å². The highest BCUT2D eigenvalue weighted by Gasteiger charge is 2.27. The van der Waals surface area contributed by atoms with Gasteiger partial charge in [0.2, 0.25) is 10.0 Å². The van der Waals surface area contributed by atoms with Crippen LogP contribution >= 0.6 is 0 Å². The fourth-order valence-electron chi connectivity index (χ4n) is 2.63. The standard InChI is InChI=1S/C15H23N3O2S/c19-21(20,18-14-3-4-14)15-7-5-13(6-8-15)17-11-9-12-2-1-10-16-12/h5-8,12,14,16-18H,1-4,9-11H2/t12-/m1/s1. The third-order valence-corrected chi connectivity index (χ3v) is 5.58. The van der Waals surface area contributed by atoms with Crippen LogP contribution in [0.25, 0.3) is 0 Å². The van der Waals surface area contributed by atoms with Gasteiger partial charge >= 0.3 is 0 Å². The average molecular weight is 309 g/mol. The van der Waals surface area contributed by atoms with Gasteiger partial charge in [-0.1, -0.05) is 0 Å². The molecule has 5 nitrogen and oxygen atoms in total. The zero-order valence-corrected chi connectivity index (χ0v) is 13.0. The summed E-state index contributed by atoms with van der Waals surface area (Å²) in [4.78, 5) is 0.345. The van der Waals surface area contributed by atoms with Gasteiger partial charge in [-0.2, -0.15) is 0 Å². The van der Waals surface area contributed by atoms with Gasteiger partial charge < -0.3 is 10.6 Å². The Bertz CT molecular complexity index is 561. The smallest absolute Gasteiger partial charge is 0.240 e. The first kappa shape index (κ1) is 14.8. The van der Waals surface area contributed by atoms with Crippen molar-refractivity contribution in [2.75, 3.05) is 18.4 Å². The second-order valence-corrected chi connectivity index (χ2v) is 7.64. The van der Waals surface area contributed by atoms with Crippen LogP contribution in [0.4, 0.5) is 5.69 Å². The van der Waals surface area contributed by atoms with Crippen LogP contribution in [-0.4, -0.2) is 33.6 Å². The Morgan fingerprint density at radius 2 is 1.90 bits per heavy atom. The van der Waals surface area contributed by atoms with E-state index in [4.69, 9.17) is 0 Å². The van der Waals surface area contributed by atoms with Gasteiger partial charge in [0.25, 0.3) is 0 Å². The van der Waals surface area contributed by atoms with E-state index >= 15 is 0 Å². The van der Waals surface area contributed by atoms with Crippen LogP contribution in [0.1, 0.15) is 32.1 Å². The number of hydrogen-bond donors (Lipinski definition) is 3. The highest BCUT2D eigenvalue weighted by atomic mass is 32.2. The van der Waals surface area contributed by atoms with E-state index in [0.717, 1.165) is 38.0 Å². The Balaban J connectivity index is 1.51. The Morgan fingerprint density at radius 1 is 1.14 bits per heavy atom. The van der Waals surface area contributed by atoms with Gasteiger partial charge in [0.1, 0.15) is 0 Å². The van der Waals surface area contributed by atoms with Gasteiger partial charge in [-0.3, -0.25) is 0 Å². The molecular weight excluding hydrogens is 286 g/mol. The van der Waals surface area contributed by atoms with Crippen molar-refractivity contribution in [3.63, 3.8) is 0 Å². The molecule has 2 fully saturated rings. The van der Waals surface area contributed by atoms with Gasteiger partial charge in [0.05, 0.1) is 4.90 Å². The van der Waals surface area contributed by atoms with E-state index in [1.807, 2.05) is 12.1 Å². The largest absolute Gasteiger partial charge is 0.385 e. The summed E-state index contributed by atoms with van der Waals surface area (Å²) in [6.45, 7) is 2.04. The zero-order valence-electron chi connectivity index (χ0n) is 12.1. The third-order valence-electron chi connectivity index (χ3n) is 4.05. The highest BCUT2D eigenvalue weighted by Crippen LogP contribution is 2.22. The van der Waals surface area contributed by atoms with Crippen LogP contribution in [0.15, 0.2) is 29.2 Å². The molecule has 1 atom stereocenters. The van der Waals surface area contributed by atoms with Crippen molar-refractivity contribution >= 4 is 15.7 Å². The van der Waals surface area contributed by atoms with Crippen LogP contribution in [0.3, 0.4) is 0 Å². The van der Waals surface area contributed by atoms with E-state index in [-0.39, 0.29) is 6.04 Å². The van der Waals surface area contributed by atoms with E-state index in [2.05, 4.69) is 15.4 Å². The fourth-order valence-corrected chi connectivity index (χ4v) is 3.94. The van der Waals surface area contributed by atoms with E-state index in [0.29, 0.717) is 10.9 Å². The molecule has 2 aliphatic rings. The molecule has 0 radical (unpaired) electrons. The molecule has 116 valence electrons. The lowest BCUT2D eigenvalue weighted by molar-refractivity contribution is 0.574. The second kappa shape index (κ2) is 6.34. The Hall–Kier alpha value is -1.11. The highest BCUT2D eigenvalue weighted by molar-refractivity contribution is 7.89. The van der Waals surface area contributed by atoms with Crippen LogP contribution in [0.5, 0.6) is 0 Å². The van der Waals surface area contributed by atoms with Crippen LogP contribution < -0.4 is 15.4 Å². The van der Waals surface area contributed by atoms with Crippen molar-refractivity contribution in [3.05, 3.63) is 24.3 Å². The summed E-state index contributed by atoms with van der Waals surface area (Å²) in [5, 5.41) is 6.82. The Morgan fingerprint density at radius 3 is 2.52 bits per heavy atom. The first-order chi connectivity index (χ1) is 10.1. The molecule has 1 heterocycles. The van der Waals surface area contributed by atoms with Crippen molar-refractivity contribution < 1.29 is 8.42 Å². The summed E-state index contributed by atoms with van der Waals surface area (Å²) < 4.78 is 26.8. The Kier molecular flexibility index (Phi) is 4.47. The molecule has 21 heavy (non-hydrogen) atoms. The van der Waals surface area contributed by atoms with Crippen molar-refractivity contribution in [1.82, 2.24) is 10.0 Å². The Labute approximate surface area is 126 Å². The lowest BCUT2D eigenvalue weighted by Gasteiger charge is -2.12. The summed E-state index contributed by atoms with van der Waals surface area (Å²) in [6.07, 6.45) is 5.53. The van der Waals surface area contributed by atoms with E-state index in [1.54, 1.807) is 12.1 Å². The average Bonchev–Trinajstić information content (AvgIpc) is 3.11. The van der Waals surface area contributed by atoms with Crippen molar-refractivity contribution in [3.8, 4) is 0 Å². The van der Waals surface area contributed by atoms with Gasteiger partial charge in [-0.25, -0.2) is 13.1 Å². The lowest BCUT2D eigenvalue weighted by Crippen LogP contribution is -2.25. The molecule has 0 aromatic heterocycles. The van der Waals surface area contributed by atoms with Crippen molar-refractivity contribution in [2.45, 2.75) is 49.1 Å².